The molecule has 0 aromatic carbocycles. The molecule has 0 aliphatic rings. The molecular formula is C14H31NO4S. The van der Waals surface area contributed by atoms with E-state index in [1.807, 2.05) is 27.7 Å². The van der Waals surface area contributed by atoms with E-state index in [-0.39, 0.29) is 29.8 Å². The number of hydrogen-bond acceptors (Lipinski definition) is 4. The van der Waals surface area contributed by atoms with Crippen molar-refractivity contribution in [3.8, 4) is 0 Å². The maximum Gasteiger partial charge on any atom is 0.211 e. The van der Waals surface area contributed by atoms with Gasteiger partial charge in [-0.15, -0.1) is 0 Å². The predicted molar refractivity (Wildman–Crippen MR) is 82.0 cm³/mol. The van der Waals surface area contributed by atoms with Crippen molar-refractivity contribution in [2.45, 2.75) is 53.4 Å². The van der Waals surface area contributed by atoms with Crippen LogP contribution in [0, 0.1) is 10.8 Å². The first-order valence-electron chi connectivity index (χ1n) is 7.23. The largest absolute Gasteiger partial charge is 0.396 e. The standard InChI is InChI=1S/C14H31NO4S/c1-13(2,11-16)7-5-9-15-20(18,19)10-6-8-14(3,4)12-17/h15-17H,5-12H2,1-4H3. The van der Waals surface area contributed by atoms with Gasteiger partial charge in [-0.25, -0.2) is 13.1 Å². The van der Waals surface area contributed by atoms with E-state index < -0.39 is 10.0 Å². The minimum Gasteiger partial charge on any atom is -0.396 e. The topological polar surface area (TPSA) is 86.6 Å². The van der Waals surface area contributed by atoms with Crippen LogP contribution in [0.1, 0.15) is 53.4 Å². The summed E-state index contributed by atoms with van der Waals surface area (Å²) in [6.45, 7) is 8.34. The highest BCUT2D eigenvalue weighted by Gasteiger charge is 2.19. The van der Waals surface area contributed by atoms with E-state index >= 15 is 0 Å². The number of rotatable bonds is 11. The lowest BCUT2D eigenvalue weighted by Crippen LogP contribution is -2.29. The first-order chi connectivity index (χ1) is 9.04. The van der Waals surface area contributed by atoms with Gasteiger partial charge in [-0.2, -0.15) is 0 Å². The van der Waals surface area contributed by atoms with Gasteiger partial charge >= 0.3 is 0 Å². The fraction of sp³-hybridized carbons (Fsp3) is 1.00. The molecule has 0 fully saturated rings. The van der Waals surface area contributed by atoms with E-state index in [2.05, 4.69) is 4.72 Å². The van der Waals surface area contributed by atoms with Crippen LogP contribution in [0.2, 0.25) is 0 Å². The molecule has 0 atom stereocenters. The highest BCUT2D eigenvalue weighted by atomic mass is 32.2. The van der Waals surface area contributed by atoms with Crippen molar-refractivity contribution in [3.05, 3.63) is 0 Å². The van der Waals surface area contributed by atoms with Gasteiger partial charge in [-0.1, -0.05) is 27.7 Å². The molecule has 0 saturated carbocycles. The van der Waals surface area contributed by atoms with Gasteiger partial charge in [0.15, 0.2) is 0 Å². The maximum absolute atomic E-state index is 11.8. The zero-order valence-corrected chi connectivity index (χ0v) is 14.1. The van der Waals surface area contributed by atoms with Crippen molar-refractivity contribution in [1.29, 1.82) is 0 Å². The van der Waals surface area contributed by atoms with Crippen LogP contribution in [-0.4, -0.2) is 44.1 Å². The lowest BCUT2D eigenvalue weighted by atomic mass is 9.89. The smallest absolute Gasteiger partial charge is 0.211 e. The number of sulfonamides is 1. The third kappa shape index (κ3) is 9.69. The van der Waals surface area contributed by atoms with E-state index in [0.717, 1.165) is 12.8 Å². The number of nitrogens with one attached hydrogen (secondary N) is 1. The zero-order chi connectivity index (χ0) is 15.9. The molecular weight excluding hydrogens is 278 g/mol. The summed E-state index contributed by atoms with van der Waals surface area (Å²) in [6, 6.07) is 0. The molecule has 0 aliphatic carbocycles. The Morgan fingerprint density at radius 3 is 1.80 bits per heavy atom. The quantitative estimate of drug-likeness (QED) is 0.505. The van der Waals surface area contributed by atoms with Crippen LogP contribution in [0.15, 0.2) is 0 Å². The van der Waals surface area contributed by atoms with Crippen LogP contribution in [0.25, 0.3) is 0 Å². The van der Waals surface area contributed by atoms with Gasteiger partial charge in [-0.3, -0.25) is 0 Å². The first-order valence-corrected chi connectivity index (χ1v) is 8.88. The second-order valence-corrected chi connectivity index (χ2v) is 8.99. The Bertz CT molecular complexity index is 363. The third-order valence-electron chi connectivity index (χ3n) is 3.47. The van der Waals surface area contributed by atoms with E-state index in [1.165, 1.54) is 0 Å². The Labute approximate surface area is 123 Å². The van der Waals surface area contributed by atoms with Gasteiger partial charge in [0.05, 0.1) is 5.75 Å². The Kier molecular flexibility index (Phi) is 8.25. The lowest BCUT2D eigenvalue weighted by Gasteiger charge is -2.22. The SMILES string of the molecule is CC(C)(CO)CCCNS(=O)(=O)CCCC(C)(C)CO. The van der Waals surface area contributed by atoms with Crippen molar-refractivity contribution in [2.24, 2.45) is 10.8 Å². The highest BCUT2D eigenvalue weighted by Crippen LogP contribution is 2.22. The number of aliphatic hydroxyl groups excluding tert-OH is 2. The Morgan fingerprint density at radius 1 is 0.900 bits per heavy atom. The fourth-order valence-corrected chi connectivity index (χ4v) is 2.89. The third-order valence-corrected chi connectivity index (χ3v) is 4.95. The monoisotopic (exact) mass is 309 g/mol. The van der Waals surface area contributed by atoms with Crippen molar-refractivity contribution >= 4 is 10.0 Å². The first kappa shape index (κ1) is 19.8. The molecule has 0 amide bonds. The Morgan fingerprint density at radius 2 is 1.35 bits per heavy atom. The van der Waals surface area contributed by atoms with E-state index in [1.54, 1.807) is 0 Å². The molecule has 0 heterocycles. The molecule has 0 saturated heterocycles. The Hall–Kier alpha value is -0.170. The van der Waals surface area contributed by atoms with Gasteiger partial charge in [0.25, 0.3) is 0 Å². The van der Waals surface area contributed by atoms with Crippen molar-refractivity contribution < 1.29 is 18.6 Å². The summed E-state index contributed by atoms with van der Waals surface area (Å²) >= 11 is 0. The van der Waals surface area contributed by atoms with Crippen molar-refractivity contribution in [3.63, 3.8) is 0 Å². The van der Waals surface area contributed by atoms with Gasteiger partial charge < -0.3 is 10.2 Å². The zero-order valence-electron chi connectivity index (χ0n) is 13.3. The molecule has 6 heteroatoms. The summed E-state index contributed by atoms with van der Waals surface area (Å²) < 4.78 is 26.1. The van der Waals surface area contributed by atoms with Crippen LogP contribution in [0.3, 0.4) is 0 Å². The highest BCUT2D eigenvalue weighted by molar-refractivity contribution is 7.89. The maximum atomic E-state index is 11.8. The molecule has 5 nitrogen and oxygen atoms in total. The summed E-state index contributed by atoms with van der Waals surface area (Å²) in [5, 5.41) is 18.2. The van der Waals surface area contributed by atoms with Gasteiger partial charge in [-0.05, 0) is 36.5 Å². The fourth-order valence-electron chi connectivity index (χ4n) is 1.77. The lowest BCUT2D eigenvalue weighted by molar-refractivity contribution is 0.148. The van der Waals surface area contributed by atoms with Crippen LogP contribution in [0.5, 0.6) is 0 Å². The average Bonchev–Trinajstić information content (AvgIpc) is 2.34. The minimum absolute atomic E-state index is 0.0662. The van der Waals surface area contributed by atoms with Gasteiger partial charge in [0.2, 0.25) is 10.0 Å². The molecule has 20 heavy (non-hydrogen) atoms. The number of hydrogen-bond donors (Lipinski definition) is 3. The molecule has 0 aromatic heterocycles. The molecule has 0 bridgehead atoms. The molecule has 0 unspecified atom stereocenters. The van der Waals surface area contributed by atoms with Crippen LogP contribution < -0.4 is 4.72 Å². The molecule has 0 aliphatic heterocycles. The summed E-state index contributed by atoms with van der Waals surface area (Å²) in [4.78, 5) is 0. The Balaban J connectivity index is 3.92. The second-order valence-electron chi connectivity index (χ2n) is 7.06. The molecule has 122 valence electrons. The molecule has 3 N–H and O–H groups in total. The minimum atomic E-state index is -3.23. The number of aliphatic hydroxyl groups is 2. The van der Waals surface area contributed by atoms with Crippen LogP contribution in [0.4, 0.5) is 0 Å². The second kappa shape index (κ2) is 8.32. The van der Waals surface area contributed by atoms with E-state index in [4.69, 9.17) is 10.2 Å². The van der Waals surface area contributed by atoms with E-state index in [0.29, 0.717) is 19.4 Å². The summed E-state index contributed by atoms with van der Waals surface area (Å²) in [7, 11) is -3.23. The van der Waals surface area contributed by atoms with Crippen LogP contribution >= 0.6 is 0 Å². The molecule has 0 spiro atoms. The average molecular weight is 309 g/mol. The molecule has 0 radical (unpaired) electrons. The molecule has 0 aromatic rings. The predicted octanol–water partition coefficient (Wildman–Crippen LogP) is 1.50. The van der Waals surface area contributed by atoms with Gasteiger partial charge in [0, 0.05) is 19.8 Å². The van der Waals surface area contributed by atoms with E-state index in [9.17, 15) is 8.42 Å². The summed E-state index contributed by atoms with van der Waals surface area (Å²) in [5.41, 5.74) is -0.378. The molecule has 0 rings (SSSR count). The van der Waals surface area contributed by atoms with Crippen molar-refractivity contribution in [2.75, 3.05) is 25.5 Å². The normalized spacial score (nSPS) is 13.7. The van der Waals surface area contributed by atoms with Crippen molar-refractivity contribution in [1.82, 2.24) is 4.72 Å². The summed E-state index contributed by atoms with van der Waals surface area (Å²) in [6.07, 6.45) is 2.73. The van der Waals surface area contributed by atoms with Crippen LogP contribution in [-0.2, 0) is 10.0 Å². The summed E-state index contributed by atoms with van der Waals surface area (Å²) in [5.74, 6) is 0.0970. The van der Waals surface area contributed by atoms with Gasteiger partial charge in [0.1, 0.15) is 0 Å².